The summed E-state index contributed by atoms with van der Waals surface area (Å²) in [5, 5.41) is 2.13. The fraction of sp³-hybridized carbons (Fsp3) is 0.300. The van der Waals surface area contributed by atoms with Crippen LogP contribution in [0.15, 0.2) is 40.1 Å². The van der Waals surface area contributed by atoms with E-state index in [4.69, 9.17) is 4.74 Å². The summed E-state index contributed by atoms with van der Waals surface area (Å²) in [5.41, 5.74) is -2.48. The highest BCUT2D eigenvalue weighted by Crippen LogP contribution is 2.34. The van der Waals surface area contributed by atoms with Crippen LogP contribution in [0.25, 0.3) is 11.0 Å². The van der Waals surface area contributed by atoms with E-state index in [0.717, 1.165) is 16.7 Å². The van der Waals surface area contributed by atoms with Crippen LogP contribution < -0.4 is 21.3 Å². The van der Waals surface area contributed by atoms with Crippen molar-refractivity contribution in [3.63, 3.8) is 0 Å². The fourth-order valence-corrected chi connectivity index (χ4v) is 3.26. The molecule has 0 aliphatic rings. The highest BCUT2D eigenvalue weighted by Gasteiger charge is 2.33. The van der Waals surface area contributed by atoms with Gasteiger partial charge >= 0.3 is 11.9 Å². The summed E-state index contributed by atoms with van der Waals surface area (Å²) in [6.45, 7) is 1.05. The van der Waals surface area contributed by atoms with E-state index < -0.39 is 41.1 Å². The lowest BCUT2D eigenvalue weighted by Gasteiger charge is -2.15. The summed E-state index contributed by atoms with van der Waals surface area (Å²) in [4.78, 5) is 42.3. The molecule has 0 radical (unpaired) electrons. The van der Waals surface area contributed by atoms with Crippen molar-refractivity contribution < 1.29 is 22.7 Å². The highest BCUT2D eigenvalue weighted by atomic mass is 19.4. The Kier molecular flexibility index (Phi) is 5.87. The van der Waals surface area contributed by atoms with E-state index in [1.165, 1.54) is 32.5 Å². The Labute approximate surface area is 173 Å². The third-order valence-corrected chi connectivity index (χ3v) is 4.77. The van der Waals surface area contributed by atoms with Crippen LogP contribution in [-0.4, -0.2) is 27.1 Å². The number of methoxy groups -OCH3 is 1. The monoisotopic (exact) mass is 436 g/mol. The number of nitrogens with one attached hydrogen (secondary N) is 1. The third kappa shape index (κ3) is 4.03. The molecule has 3 aromatic rings. The smallest absolute Gasteiger partial charge is 0.418 e. The number of carbonyl (C=O) groups is 1. The van der Waals surface area contributed by atoms with Crippen LogP contribution in [0.3, 0.4) is 0 Å². The number of aromatic nitrogens is 3. The molecule has 8 nitrogen and oxygen atoms in total. The molecule has 2 heterocycles. The molecule has 1 amide bonds. The molecular weight excluding hydrogens is 417 g/mol. The summed E-state index contributed by atoms with van der Waals surface area (Å²) in [6, 6.07) is 4.42. The van der Waals surface area contributed by atoms with Crippen molar-refractivity contribution in [2.24, 2.45) is 7.05 Å². The SMILES string of the molecule is CCc1cnc2c(c1OC)c(=O)n(CC(=O)Nc1ccccc1C(F)(F)F)c(=O)n2C. The quantitative estimate of drug-likeness (QED) is 0.663. The van der Waals surface area contributed by atoms with Gasteiger partial charge in [0.2, 0.25) is 5.91 Å². The molecule has 0 fully saturated rings. The van der Waals surface area contributed by atoms with Crippen molar-refractivity contribution in [2.45, 2.75) is 26.1 Å². The van der Waals surface area contributed by atoms with E-state index >= 15 is 0 Å². The minimum absolute atomic E-state index is 0.00689. The number of nitrogens with zero attached hydrogens (tertiary/aromatic N) is 3. The first-order valence-electron chi connectivity index (χ1n) is 9.21. The Bertz CT molecular complexity index is 1280. The van der Waals surface area contributed by atoms with Gasteiger partial charge in [-0.15, -0.1) is 0 Å². The van der Waals surface area contributed by atoms with Gasteiger partial charge in [-0.3, -0.25) is 14.2 Å². The minimum atomic E-state index is -4.69. The maximum absolute atomic E-state index is 13.2. The highest BCUT2D eigenvalue weighted by molar-refractivity contribution is 5.91. The molecule has 0 atom stereocenters. The van der Waals surface area contributed by atoms with Crippen LogP contribution in [0, 0.1) is 0 Å². The number of hydrogen-bond acceptors (Lipinski definition) is 5. The first-order valence-corrected chi connectivity index (χ1v) is 9.21. The van der Waals surface area contributed by atoms with Gasteiger partial charge in [0, 0.05) is 18.8 Å². The number of pyridine rings is 1. The number of para-hydroxylation sites is 1. The van der Waals surface area contributed by atoms with E-state index in [-0.39, 0.29) is 16.8 Å². The van der Waals surface area contributed by atoms with Gasteiger partial charge in [-0.1, -0.05) is 19.1 Å². The molecule has 1 N–H and O–H groups in total. The molecule has 31 heavy (non-hydrogen) atoms. The van der Waals surface area contributed by atoms with E-state index in [1.807, 2.05) is 6.92 Å². The first kappa shape index (κ1) is 22.1. The maximum Gasteiger partial charge on any atom is 0.418 e. The molecule has 2 aromatic heterocycles. The number of hydrogen-bond donors (Lipinski definition) is 1. The number of anilines is 1. The van der Waals surface area contributed by atoms with E-state index in [1.54, 1.807) is 0 Å². The molecule has 0 aliphatic carbocycles. The van der Waals surface area contributed by atoms with E-state index in [2.05, 4.69) is 10.3 Å². The van der Waals surface area contributed by atoms with Crippen LogP contribution in [-0.2, 0) is 31.0 Å². The summed E-state index contributed by atoms with van der Waals surface area (Å²) in [7, 11) is 2.74. The van der Waals surface area contributed by atoms with Crippen molar-refractivity contribution in [1.29, 1.82) is 0 Å². The number of benzene rings is 1. The second-order valence-corrected chi connectivity index (χ2v) is 6.69. The van der Waals surface area contributed by atoms with Crippen molar-refractivity contribution in [1.82, 2.24) is 14.1 Å². The zero-order valence-corrected chi connectivity index (χ0v) is 16.9. The predicted octanol–water partition coefficient (Wildman–Crippen LogP) is 2.32. The standard InChI is InChI=1S/C20H19F3N4O4/c1-4-11-9-24-17-15(16(11)31-3)18(29)27(19(30)26(17)2)10-14(28)25-13-8-6-5-7-12(13)20(21,22)23/h5-9H,4,10H2,1-3H3,(H,25,28). The molecule has 0 unspecified atom stereocenters. The number of amides is 1. The van der Waals surface area contributed by atoms with E-state index in [0.29, 0.717) is 16.6 Å². The Hall–Kier alpha value is -3.63. The minimum Gasteiger partial charge on any atom is -0.495 e. The average Bonchev–Trinajstić information content (AvgIpc) is 2.73. The second kappa shape index (κ2) is 8.25. The fourth-order valence-electron chi connectivity index (χ4n) is 3.26. The normalized spacial score (nSPS) is 11.5. The number of alkyl halides is 3. The molecule has 0 saturated carbocycles. The zero-order chi connectivity index (χ0) is 22.9. The molecule has 3 rings (SSSR count). The maximum atomic E-state index is 13.2. The Morgan fingerprint density at radius 2 is 1.90 bits per heavy atom. The Balaban J connectivity index is 2.08. The van der Waals surface area contributed by atoms with E-state index in [9.17, 15) is 27.6 Å². The summed E-state index contributed by atoms with van der Waals surface area (Å²) < 4.78 is 46.5. The number of aryl methyl sites for hydroxylation is 2. The molecule has 0 aliphatic heterocycles. The van der Waals surface area contributed by atoms with Gasteiger partial charge in [0.05, 0.1) is 18.4 Å². The molecule has 0 spiro atoms. The number of fused-ring (bicyclic) bond motifs is 1. The first-order chi connectivity index (χ1) is 14.6. The predicted molar refractivity (Wildman–Crippen MR) is 107 cm³/mol. The Morgan fingerprint density at radius 1 is 1.23 bits per heavy atom. The number of ether oxygens (including phenoxy) is 1. The van der Waals surface area contributed by atoms with Gasteiger partial charge in [-0.05, 0) is 18.6 Å². The molecule has 11 heteroatoms. The van der Waals surface area contributed by atoms with Crippen LogP contribution in [0.1, 0.15) is 18.1 Å². The van der Waals surface area contributed by atoms with Crippen LogP contribution in [0.2, 0.25) is 0 Å². The number of halogens is 3. The molecule has 0 saturated heterocycles. The van der Waals surface area contributed by atoms with Gasteiger partial charge in [0.1, 0.15) is 17.7 Å². The topological polar surface area (TPSA) is 95.2 Å². The lowest BCUT2D eigenvalue weighted by Crippen LogP contribution is -2.42. The van der Waals surface area contributed by atoms with Crippen LogP contribution >= 0.6 is 0 Å². The van der Waals surface area contributed by atoms with Gasteiger partial charge in [-0.25, -0.2) is 14.3 Å². The third-order valence-electron chi connectivity index (χ3n) is 4.77. The van der Waals surface area contributed by atoms with Gasteiger partial charge in [-0.2, -0.15) is 13.2 Å². The average molecular weight is 436 g/mol. The van der Waals surface area contributed by atoms with Crippen molar-refractivity contribution in [2.75, 3.05) is 12.4 Å². The van der Waals surface area contributed by atoms with Gasteiger partial charge in [0.25, 0.3) is 5.56 Å². The van der Waals surface area contributed by atoms with Crippen LogP contribution in [0.5, 0.6) is 5.75 Å². The number of rotatable bonds is 5. The zero-order valence-electron chi connectivity index (χ0n) is 16.9. The number of carbonyl (C=O) groups excluding carboxylic acids is 1. The summed E-state index contributed by atoms with van der Waals surface area (Å²) >= 11 is 0. The van der Waals surface area contributed by atoms with Gasteiger partial charge < -0.3 is 10.1 Å². The van der Waals surface area contributed by atoms with Crippen LogP contribution in [0.4, 0.5) is 18.9 Å². The molecule has 1 aromatic carbocycles. The largest absolute Gasteiger partial charge is 0.495 e. The lowest BCUT2D eigenvalue weighted by molar-refractivity contribution is -0.137. The molecular formula is C20H19F3N4O4. The van der Waals surface area contributed by atoms with Gasteiger partial charge in [0.15, 0.2) is 5.65 Å². The summed E-state index contributed by atoms with van der Waals surface area (Å²) in [6.07, 6.45) is -2.69. The van der Waals surface area contributed by atoms with Crippen molar-refractivity contribution >= 4 is 22.6 Å². The Morgan fingerprint density at radius 3 is 2.52 bits per heavy atom. The lowest BCUT2D eigenvalue weighted by atomic mass is 10.1. The second-order valence-electron chi connectivity index (χ2n) is 6.69. The summed E-state index contributed by atoms with van der Waals surface area (Å²) in [5.74, 6) is -0.738. The van der Waals surface area contributed by atoms with Crippen molar-refractivity contribution in [3.8, 4) is 5.75 Å². The molecule has 0 bridgehead atoms. The molecule has 164 valence electrons. The van der Waals surface area contributed by atoms with Crippen molar-refractivity contribution in [3.05, 3.63) is 62.4 Å².